The van der Waals surface area contributed by atoms with Crippen molar-refractivity contribution in [1.29, 1.82) is 5.26 Å². The highest BCUT2D eigenvalue weighted by atomic mass is 16.2. The minimum Gasteiger partial charge on any atom is -0.366 e. The molecule has 146 valence electrons. The largest absolute Gasteiger partial charge is 0.366 e. The van der Waals surface area contributed by atoms with Gasteiger partial charge in [-0.05, 0) is 48.5 Å². The van der Waals surface area contributed by atoms with Gasteiger partial charge < -0.3 is 10.6 Å². The van der Waals surface area contributed by atoms with E-state index in [9.17, 15) is 9.59 Å². The van der Waals surface area contributed by atoms with Crippen molar-refractivity contribution in [2.24, 2.45) is 5.73 Å². The Labute approximate surface area is 171 Å². The van der Waals surface area contributed by atoms with E-state index in [1.54, 1.807) is 72.5 Å². The number of nitrogens with zero attached hydrogens (tertiary/aromatic N) is 5. The molecular formula is C22H16N6O2. The number of hydrogen-bond donors (Lipinski definition) is 1. The number of fused-ring (bicyclic) bond motifs is 1. The summed E-state index contributed by atoms with van der Waals surface area (Å²) in [4.78, 5) is 30.1. The molecule has 0 radical (unpaired) electrons. The number of rotatable bonds is 4. The van der Waals surface area contributed by atoms with Crippen LogP contribution in [0.15, 0.2) is 67.1 Å². The summed E-state index contributed by atoms with van der Waals surface area (Å²) in [5.74, 6) is -0.751. The molecule has 8 nitrogen and oxygen atoms in total. The Balaban J connectivity index is 1.68. The number of nitriles is 1. The van der Waals surface area contributed by atoms with Gasteiger partial charge in [0.1, 0.15) is 0 Å². The molecule has 0 bridgehead atoms. The number of amides is 2. The quantitative estimate of drug-likeness (QED) is 0.569. The number of carbonyl (C=O) groups excluding carboxylic acids is 2. The van der Waals surface area contributed by atoms with Crippen molar-refractivity contribution in [3.05, 3.63) is 83.8 Å². The second kappa shape index (κ2) is 7.48. The lowest BCUT2D eigenvalue weighted by molar-refractivity contribution is 0.0987. The molecule has 0 spiro atoms. The summed E-state index contributed by atoms with van der Waals surface area (Å²) in [6.07, 6.45) is 4.77. The molecule has 0 aliphatic carbocycles. The van der Waals surface area contributed by atoms with E-state index < -0.39 is 5.91 Å². The molecule has 4 aromatic rings. The monoisotopic (exact) mass is 396 g/mol. The van der Waals surface area contributed by atoms with E-state index in [-0.39, 0.29) is 5.91 Å². The van der Waals surface area contributed by atoms with Gasteiger partial charge in [0.05, 0.1) is 34.6 Å². The number of anilines is 1. The highest BCUT2D eigenvalue weighted by molar-refractivity contribution is 6.06. The number of nitrogens with two attached hydrogens (primary N) is 1. The molecule has 3 heterocycles. The summed E-state index contributed by atoms with van der Waals surface area (Å²) in [7, 11) is 1.68. The number of carbonyl (C=O) groups is 2. The zero-order valence-corrected chi connectivity index (χ0v) is 16.0. The molecule has 1 aromatic carbocycles. The summed E-state index contributed by atoms with van der Waals surface area (Å²) >= 11 is 0. The maximum absolute atomic E-state index is 13.0. The number of hydrogen-bond acceptors (Lipinski definition) is 5. The Morgan fingerprint density at radius 1 is 1.07 bits per heavy atom. The predicted octanol–water partition coefficient (Wildman–Crippen LogP) is 2.64. The first-order valence-corrected chi connectivity index (χ1v) is 9.00. The molecule has 0 aliphatic rings. The Kier molecular flexibility index (Phi) is 4.70. The van der Waals surface area contributed by atoms with Crippen LogP contribution in [0.1, 0.15) is 26.3 Å². The average Bonchev–Trinajstić information content (AvgIpc) is 3.21. The summed E-state index contributed by atoms with van der Waals surface area (Å²) in [5.41, 5.74) is 9.30. The average molecular weight is 396 g/mol. The normalized spacial score (nSPS) is 10.5. The third kappa shape index (κ3) is 3.36. The second-order valence-electron chi connectivity index (χ2n) is 6.62. The highest BCUT2D eigenvalue weighted by Gasteiger charge is 2.16. The fraction of sp³-hybridized carbons (Fsp3) is 0.0455. The van der Waals surface area contributed by atoms with E-state index in [1.165, 1.54) is 11.1 Å². The van der Waals surface area contributed by atoms with Crippen LogP contribution in [0.4, 0.5) is 5.69 Å². The molecule has 4 rings (SSSR count). The van der Waals surface area contributed by atoms with Crippen molar-refractivity contribution >= 4 is 23.0 Å². The van der Waals surface area contributed by atoms with Crippen molar-refractivity contribution < 1.29 is 9.59 Å². The molecule has 30 heavy (non-hydrogen) atoms. The number of aromatic nitrogens is 3. The van der Waals surface area contributed by atoms with Crippen LogP contribution in [0, 0.1) is 11.3 Å². The van der Waals surface area contributed by atoms with Crippen LogP contribution in [0.3, 0.4) is 0 Å². The standard InChI is InChI=1S/C22H16N6O2/c1-27(17-5-2-14(11-23)3-6-17)22(30)15-8-9-28-20(10-15)18(13-26-28)19-7-4-16(12-25-19)21(24)29/h2-10,12-13H,1H3,(H2,24,29). The summed E-state index contributed by atoms with van der Waals surface area (Å²) in [5, 5.41) is 13.2. The minimum absolute atomic E-state index is 0.202. The van der Waals surface area contributed by atoms with Crippen LogP contribution in [0.25, 0.3) is 16.8 Å². The fourth-order valence-electron chi connectivity index (χ4n) is 3.08. The number of pyridine rings is 2. The molecular weight excluding hydrogens is 380 g/mol. The zero-order valence-electron chi connectivity index (χ0n) is 16.0. The topological polar surface area (TPSA) is 117 Å². The minimum atomic E-state index is -0.548. The van der Waals surface area contributed by atoms with Crippen molar-refractivity contribution in [3.63, 3.8) is 0 Å². The Morgan fingerprint density at radius 2 is 1.83 bits per heavy atom. The molecule has 0 saturated heterocycles. The van der Waals surface area contributed by atoms with E-state index >= 15 is 0 Å². The summed E-state index contributed by atoms with van der Waals surface area (Å²) < 4.78 is 1.65. The molecule has 0 unspecified atom stereocenters. The van der Waals surface area contributed by atoms with Crippen LogP contribution in [0.2, 0.25) is 0 Å². The van der Waals surface area contributed by atoms with Crippen molar-refractivity contribution in [2.75, 3.05) is 11.9 Å². The van der Waals surface area contributed by atoms with E-state index in [1.807, 2.05) is 0 Å². The molecule has 0 atom stereocenters. The number of benzene rings is 1. The Morgan fingerprint density at radius 3 is 2.47 bits per heavy atom. The molecule has 0 fully saturated rings. The lowest BCUT2D eigenvalue weighted by Gasteiger charge is -2.17. The van der Waals surface area contributed by atoms with Gasteiger partial charge in [-0.2, -0.15) is 10.4 Å². The van der Waals surface area contributed by atoms with Gasteiger partial charge >= 0.3 is 0 Å². The SMILES string of the molecule is CN(C(=O)c1ccn2ncc(-c3ccc(C(N)=O)cn3)c2c1)c1ccc(C#N)cc1. The van der Waals surface area contributed by atoms with E-state index in [4.69, 9.17) is 11.0 Å². The van der Waals surface area contributed by atoms with Crippen LogP contribution >= 0.6 is 0 Å². The van der Waals surface area contributed by atoms with Gasteiger partial charge in [0.2, 0.25) is 5.91 Å². The van der Waals surface area contributed by atoms with Crippen LogP contribution in [-0.2, 0) is 0 Å². The first kappa shape index (κ1) is 18.8. The molecule has 0 saturated carbocycles. The van der Waals surface area contributed by atoms with Gasteiger partial charge in [-0.25, -0.2) is 4.52 Å². The Hall–Kier alpha value is -4.51. The molecule has 3 aromatic heterocycles. The van der Waals surface area contributed by atoms with Gasteiger partial charge in [-0.3, -0.25) is 14.6 Å². The fourth-order valence-corrected chi connectivity index (χ4v) is 3.08. The van der Waals surface area contributed by atoms with Gasteiger partial charge in [-0.1, -0.05) is 0 Å². The lowest BCUT2D eigenvalue weighted by Crippen LogP contribution is -2.26. The van der Waals surface area contributed by atoms with E-state index in [0.29, 0.717) is 33.6 Å². The third-order valence-electron chi connectivity index (χ3n) is 4.78. The summed E-state index contributed by atoms with van der Waals surface area (Å²) in [6.45, 7) is 0. The first-order valence-electron chi connectivity index (χ1n) is 9.00. The van der Waals surface area contributed by atoms with Crippen LogP contribution in [-0.4, -0.2) is 33.5 Å². The maximum Gasteiger partial charge on any atom is 0.258 e. The zero-order chi connectivity index (χ0) is 21.3. The van der Waals surface area contributed by atoms with Gasteiger partial charge in [0.25, 0.3) is 5.91 Å². The van der Waals surface area contributed by atoms with E-state index in [0.717, 1.165) is 5.56 Å². The van der Waals surface area contributed by atoms with Crippen LogP contribution < -0.4 is 10.6 Å². The van der Waals surface area contributed by atoms with Gasteiger partial charge in [0, 0.05) is 36.3 Å². The smallest absolute Gasteiger partial charge is 0.258 e. The van der Waals surface area contributed by atoms with Gasteiger partial charge in [0.15, 0.2) is 0 Å². The summed E-state index contributed by atoms with van der Waals surface area (Å²) in [6, 6.07) is 15.6. The highest BCUT2D eigenvalue weighted by Crippen LogP contribution is 2.25. The van der Waals surface area contributed by atoms with Crippen LogP contribution in [0.5, 0.6) is 0 Å². The Bertz CT molecular complexity index is 1300. The van der Waals surface area contributed by atoms with Crippen molar-refractivity contribution in [2.45, 2.75) is 0 Å². The molecule has 0 aliphatic heterocycles. The molecule has 2 amide bonds. The molecule has 8 heteroatoms. The first-order chi connectivity index (χ1) is 14.5. The predicted molar refractivity (Wildman–Crippen MR) is 111 cm³/mol. The van der Waals surface area contributed by atoms with Gasteiger partial charge in [-0.15, -0.1) is 0 Å². The lowest BCUT2D eigenvalue weighted by atomic mass is 10.1. The molecule has 2 N–H and O–H groups in total. The van der Waals surface area contributed by atoms with E-state index in [2.05, 4.69) is 16.2 Å². The maximum atomic E-state index is 13.0. The number of primary amides is 1. The van der Waals surface area contributed by atoms with Crippen molar-refractivity contribution in [3.8, 4) is 17.3 Å². The second-order valence-corrected chi connectivity index (χ2v) is 6.62. The third-order valence-corrected chi connectivity index (χ3v) is 4.78. The van der Waals surface area contributed by atoms with Crippen molar-refractivity contribution in [1.82, 2.24) is 14.6 Å².